The number of hydrogen-bond donors (Lipinski definition) is 4. The van der Waals surface area contributed by atoms with Gasteiger partial charge < -0.3 is 20.6 Å². The zero-order valence-corrected chi connectivity index (χ0v) is 20.3. The molecule has 0 spiro atoms. The molecule has 2 saturated heterocycles. The molecule has 3 aliphatic rings. The van der Waals surface area contributed by atoms with Gasteiger partial charge in [-0.3, -0.25) is 29.4 Å². The van der Waals surface area contributed by atoms with Gasteiger partial charge in [0.15, 0.2) is 0 Å². The second-order valence-corrected chi connectivity index (χ2v) is 9.58. The number of imide groups is 2. The van der Waals surface area contributed by atoms with Gasteiger partial charge in [-0.1, -0.05) is 18.9 Å². The summed E-state index contributed by atoms with van der Waals surface area (Å²) in [6, 6.07) is 4.33. The van der Waals surface area contributed by atoms with Crippen molar-refractivity contribution in [2.24, 2.45) is 0 Å². The van der Waals surface area contributed by atoms with Crippen LogP contribution >= 0.6 is 0 Å². The number of nitrogens with zero attached hydrogens (tertiary/aromatic N) is 2. The van der Waals surface area contributed by atoms with E-state index >= 15 is 0 Å². The van der Waals surface area contributed by atoms with Crippen LogP contribution in [0, 0.1) is 0 Å². The van der Waals surface area contributed by atoms with Gasteiger partial charge in [0.1, 0.15) is 6.04 Å². The van der Waals surface area contributed by atoms with Crippen molar-refractivity contribution >= 4 is 35.4 Å². The number of nitrogens with one attached hydrogen (secondary N) is 3. The first-order valence-corrected chi connectivity index (χ1v) is 12.7. The minimum atomic E-state index is -0.977. The van der Waals surface area contributed by atoms with E-state index < -0.39 is 35.8 Å². The largest absolute Gasteiger partial charge is 0.465 e. The molecule has 11 heteroatoms. The van der Waals surface area contributed by atoms with Crippen LogP contribution in [0.1, 0.15) is 72.1 Å². The number of hydrogen-bond acceptors (Lipinski definition) is 7. The first-order chi connectivity index (χ1) is 17.3. The third-order valence-corrected chi connectivity index (χ3v) is 7.09. The van der Waals surface area contributed by atoms with Crippen LogP contribution in [0.15, 0.2) is 18.2 Å². The van der Waals surface area contributed by atoms with Crippen LogP contribution in [0.5, 0.6) is 0 Å². The summed E-state index contributed by atoms with van der Waals surface area (Å²) in [5, 5.41) is 16.6. The zero-order valence-electron chi connectivity index (χ0n) is 20.3. The topological polar surface area (TPSA) is 148 Å². The van der Waals surface area contributed by atoms with Crippen molar-refractivity contribution in [3.63, 3.8) is 0 Å². The van der Waals surface area contributed by atoms with Crippen LogP contribution in [0.3, 0.4) is 0 Å². The van der Waals surface area contributed by atoms with E-state index in [4.69, 9.17) is 5.11 Å². The number of fused-ring (bicyclic) bond motifs is 1. The van der Waals surface area contributed by atoms with Gasteiger partial charge in [0.05, 0.1) is 11.1 Å². The lowest BCUT2D eigenvalue weighted by atomic mass is 10.0. The average molecular weight is 500 g/mol. The van der Waals surface area contributed by atoms with E-state index in [0.29, 0.717) is 17.8 Å². The van der Waals surface area contributed by atoms with Crippen LogP contribution in [-0.4, -0.2) is 82.9 Å². The molecule has 0 bridgehead atoms. The van der Waals surface area contributed by atoms with Crippen molar-refractivity contribution in [1.29, 1.82) is 0 Å². The minimum absolute atomic E-state index is 0.0927. The van der Waals surface area contributed by atoms with E-state index in [0.717, 1.165) is 63.1 Å². The Morgan fingerprint density at radius 3 is 2.47 bits per heavy atom. The third-order valence-electron chi connectivity index (χ3n) is 7.09. The highest BCUT2D eigenvalue weighted by Gasteiger charge is 2.45. The van der Waals surface area contributed by atoms with Gasteiger partial charge in [-0.2, -0.15) is 0 Å². The van der Waals surface area contributed by atoms with Crippen molar-refractivity contribution in [3.8, 4) is 0 Å². The number of piperidine rings is 2. The molecule has 4 N–H and O–H groups in total. The van der Waals surface area contributed by atoms with Crippen LogP contribution in [-0.2, 0) is 9.59 Å². The second kappa shape index (κ2) is 11.5. The lowest BCUT2D eigenvalue weighted by molar-refractivity contribution is -0.136. The monoisotopic (exact) mass is 499 g/mol. The summed E-state index contributed by atoms with van der Waals surface area (Å²) in [7, 11) is 0. The van der Waals surface area contributed by atoms with Crippen LogP contribution in [0.25, 0.3) is 0 Å². The fourth-order valence-corrected chi connectivity index (χ4v) is 5.17. The summed E-state index contributed by atoms with van der Waals surface area (Å²) in [5.41, 5.74) is 1.19. The van der Waals surface area contributed by atoms with Gasteiger partial charge in [0.2, 0.25) is 11.8 Å². The predicted octanol–water partition coefficient (Wildman–Crippen LogP) is 1.79. The molecule has 1 aromatic rings. The molecule has 0 saturated carbocycles. The van der Waals surface area contributed by atoms with E-state index in [1.54, 1.807) is 18.2 Å². The van der Waals surface area contributed by atoms with Crippen molar-refractivity contribution < 1.29 is 29.1 Å². The van der Waals surface area contributed by atoms with E-state index in [1.807, 2.05) is 0 Å². The average Bonchev–Trinajstić information content (AvgIpc) is 3.10. The first-order valence-electron chi connectivity index (χ1n) is 12.7. The lowest BCUT2D eigenvalue weighted by Gasteiger charge is -2.33. The van der Waals surface area contributed by atoms with Gasteiger partial charge in [0, 0.05) is 37.8 Å². The molecule has 3 heterocycles. The minimum Gasteiger partial charge on any atom is -0.465 e. The molecule has 3 aliphatic heterocycles. The second-order valence-electron chi connectivity index (χ2n) is 9.58. The quantitative estimate of drug-likeness (QED) is 0.281. The Morgan fingerprint density at radius 1 is 1.00 bits per heavy atom. The summed E-state index contributed by atoms with van der Waals surface area (Å²) < 4.78 is 0. The van der Waals surface area contributed by atoms with Crippen LogP contribution in [0.4, 0.5) is 10.5 Å². The van der Waals surface area contributed by atoms with Crippen molar-refractivity contribution in [1.82, 2.24) is 20.4 Å². The molecule has 0 aromatic heterocycles. The molecular weight excluding hydrogens is 466 g/mol. The molecule has 1 unspecified atom stereocenters. The molecule has 1 aromatic carbocycles. The predicted molar refractivity (Wildman–Crippen MR) is 131 cm³/mol. The smallest absolute Gasteiger partial charge is 0.404 e. The highest BCUT2D eigenvalue weighted by molar-refractivity contribution is 6.25. The van der Waals surface area contributed by atoms with Gasteiger partial charge in [-0.05, 0) is 50.8 Å². The SMILES string of the molecule is O=C(O)NCCCCCCN1CCC(Nc2cccc3c2C(=O)N(C2CCC(=O)NC2=O)C3=O)CC1. The number of likely N-dealkylation sites (tertiary alicyclic amines) is 1. The summed E-state index contributed by atoms with van der Waals surface area (Å²) in [6.07, 6.45) is 5.05. The molecule has 1 atom stereocenters. The fraction of sp³-hybridized carbons (Fsp3) is 0.560. The summed E-state index contributed by atoms with van der Waals surface area (Å²) in [6.45, 7) is 3.37. The summed E-state index contributed by atoms with van der Waals surface area (Å²) >= 11 is 0. The number of unbranched alkanes of at least 4 members (excludes halogenated alkanes) is 3. The number of carboxylic acid groups (broad SMARTS) is 1. The molecule has 4 rings (SSSR count). The number of amides is 5. The first kappa shape index (κ1) is 25.6. The van der Waals surface area contributed by atoms with E-state index in [1.165, 1.54) is 0 Å². The standard InChI is InChI=1S/C25H33N5O6/c31-20-9-8-19(22(32)28-20)30-23(33)17-6-5-7-18(21(17)24(30)34)27-16-10-14-29(15-11-16)13-4-2-1-3-12-26-25(35)36/h5-7,16,19,26-27H,1-4,8-15H2,(H,35,36)(H,28,31,32). The van der Waals surface area contributed by atoms with Gasteiger partial charge in [-0.25, -0.2) is 4.79 Å². The van der Waals surface area contributed by atoms with E-state index in [2.05, 4.69) is 20.9 Å². The van der Waals surface area contributed by atoms with Crippen molar-refractivity contribution in [2.45, 2.75) is 63.5 Å². The Kier molecular flexibility index (Phi) is 8.19. The van der Waals surface area contributed by atoms with Gasteiger partial charge in [-0.15, -0.1) is 0 Å². The molecule has 0 radical (unpaired) electrons. The Labute approximate surface area is 209 Å². The summed E-state index contributed by atoms with van der Waals surface area (Å²) in [5.74, 6) is -2.00. The fourth-order valence-electron chi connectivity index (χ4n) is 5.17. The van der Waals surface area contributed by atoms with Crippen molar-refractivity contribution in [2.75, 3.05) is 31.5 Å². The molecule has 0 aliphatic carbocycles. The normalized spacial score (nSPS) is 20.9. The van der Waals surface area contributed by atoms with Gasteiger partial charge >= 0.3 is 6.09 Å². The molecule has 5 amide bonds. The number of benzene rings is 1. The Hall–Kier alpha value is -3.47. The highest BCUT2D eigenvalue weighted by atomic mass is 16.4. The van der Waals surface area contributed by atoms with E-state index in [-0.39, 0.29) is 24.4 Å². The Balaban J connectivity index is 1.27. The number of rotatable bonds is 10. The number of carbonyl (C=O) groups excluding carboxylic acids is 4. The van der Waals surface area contributed by atoms with E-state index in [9.17, 15) is 24.0 Å². The Morgan fingerprint density at radius 2 is 1.75 bits per heavy atom. The summed E-state index contributed by atoms with van der Waals surface area (Å²) in [4.78, 5) is 63.9. The van der Waals surface area contributed by atoms with Crippen LogP contribution < -0.4 is 16.0 Å². The maximum atomic E-state index is 13.3. The maximum Gasteiger partial charge on any atom is 0.404 e. The number of carbonyl (C=O) groups is 5. The molecule has 194 valence electrons. The number of anilines is 1. The highest BCUT2D eigenvalue weighted by Crippen LogP contribution is 2.33. The third kappa shape index (κ3) is 5.84. The lowest BCUT2D eigenvalue weighted by Crippen LogP contribution is -2.54. The Bertz CT molecular complexity index is 1040. The van der Waals surface area contributed by atoms with Crippen LogP contribution in [0.2, 0.25) is 0 Å². The molecule has 11 nitrogen and oxygen atoms in total. The van der Waals surface area contributed by atoms with Gasteiger partial charge in [0.25, 0.3) is 11.8 Å². The molecular formula is C25H33N5O6. The molecule has 36 heavy (non-hydrogen) atoms. The maximum absolute atomic E-state index is 13.3. The zero-order chi connectivity index (χ0) is 25.7. The molecule has 2 fully saturated rings. The van der Waals surface area contributed by atoms with Crippen molar-refractivity contribution in [3.05, 3.63) is 29.3 Å².